The molecule has 0 radical (unpaired) electrons. The number of nitrogens with zero attached hydrogens (tertiary/aromatic N) is 2. The van der Waals surface area contributed by atoms with Gasteiger partial charge in [-0.05, 0) is 111 Å². The molecule has 200 valence electrons. The fourth-order valence-electron chi connectivity index (χ4n) is 9.05. The molecule has 5 heteroatoms. The normalized spacial score (nSPS) is 35.9. The van der Waals surface area contributed by atoms with Gasteiger partial charge in [0.2, 0.25) is 5.88 Å². The molecule has 1 heterocycles. The lowest BCUT2D eigenvalue weighted by Gasteiger charge is -2.58. The van der Waals surface area contributed by atoms with Gasteiger partial charge in [0.25, 0.3) is 0 Å². The van der Waals surface area contributed by atoms with Gasteiger partial charge in [0.1, 0.15) is 17.4 Å². The molecule has 0 bridgehead atoms. The molecule has 4 aliphatic rings. The third kappa shape index (κ3) is 3.90. The van der Waals surface area contributed by atoms with Crippen molar-refractivity contribution in [3.05, 3.63) is 59.1 Å². The van der Waals surface area contributed by atoms with Crippen LogP contribution in [0.5, 0.6) is 5.88 Å². The zero-order valence-electron chi connectivity index (χ0n) is 22.8. The van der Waals surface area contributed by atoms with Gasteiger partial charge < -0.3 is 9.84 Å². The van der Waals surface area contributed by atoms with Crippen molar-refractivity contribution in [3.8, 4) is 23.1 Å². The van der Waals surface area contributed by atoms with E-state index in [0.29, 0.717) is 41.7 Å². The van der Waals surface area contributed by atoms with Crippen molar-refractivity contribution in [1.82, 2.24) is 4.98 Å². The van der Waals surface area contributed by atoms with E-state index in [9.17, 15) is 14.8 Å². The lowest BCUT2D eigenvalue weighted by atomic mass is 9.47. The van der Waals surface area contributed by atoms with Crippen molar-refractivity contribution < 1.29 is 14.2 Å². The molecule has 3 saturated carbocycles. The van der Waals surface area contributed by atoms with Crippen LogP contribution in [0.2, 0.25) is 0 Å². The third-order valence-electron chi connectivity index (χ3n) is 11.0. The van der Waals surface area contributed by atoms with Gasteiger partial charge in [-0.3, -0.25) is 0 Å². The van der Waals surface area contributed by atoms with E-state index in [2.05, 4.69) is 32.1 Å². The highest BCUT2D eigenvalue weighted by Gasteiger charge is 2.59. The number of nitriles is 1. The van der Waals surface area contributed by atoms with Crippen molar-refractivity contribution in [2.24, 2.45) is 28.6 Å². The van der Waals surface area contributed by atoms with Crippen LogP contribution in [0.3, 0.4) is 0 Å². The summed E-state index contributed by atoms with van der Waals surface area (Å²) in [6.07, 6.45) is 11.0. The summed E-state index contributed by atoms with van der Waals surface area (Å²) in [5.74, 6) is 2.39. The molecule has 4 aliphatic carbocycles. The number of aliphatic hydroxyl groups excluding tert-OH is 1. The number of hydrogen-bond acceptors (Lipinski definition) is 4. The second kappa shape index (κ2) is 9.49. The van der Waals surface area contributed by atoms with Crippen molar-refractivity contribution in [3.63, 3.8) is 0 Å². The highest BCUT2D eigenvalue weighted by atomic mass is 19.1. The van der Waals surface area contributed by atoms with E-state index >= 15 is 0 Å². The van der Waals surface area contributed by atoms with Gasteiger partial charge >= 0.3 is 0 Å². The first-order valence-electron chi connectivity index (χ1n) is 14.5. The molecule has 0 spiro atoms. The first-order chi connectivity index (χ1) is 18.3. The fraction of sp³-hybridized carbons (Fsp3) is 0.576. The van der Waals surface area contributed by atoms with Crippen LogP contribution in [-0.4, -0.2) is 22.8 Å². The van der Waals surface area contributed by atoms with Crippen LogP contribution in [0.25, 0.3) is 11.1 Å². The largest absolute Gasteiger partial charge is 0.477 e. The van der Waals surface area contributed by atoms with Gasteiger partial charge in [0, 0.05) is 17.2 Å². The number of ether oxygens (including phenoxy) is 1. The van der Waals surface area contributed by atoms with Crippen LogP contribution in [0.1, 0.15) is 89.3 Å². The molecular weight excluding hydrogens is 475 g/mol. The summed E-state index contributed by atoms with van der Waals surface area (Å²) >= 11 is 0. The van der Waals surface area contributed by atoms with E-state index < -0.39 is 0 Å². The predicted octanol–water partition coefficient (Wildman–Crippen LogP) is 7.57. The minimum absolute atomic E-state index is 0.141. The second-order valence-electron chi connectivity index (χ2n) is 12.7. The first-order valence-corrected chi connectivity index (χ1v) is 14.5. The maximum Gasteiger partial charge on any atom is 0.232 e. The average molecular weight is 515 g/mol. The van der Waals surface area contributed by atoms with Gasteiger partial charge in [-0.25, -0.2) is 9.37 Å². The summed E-state index contributed by atoms with van der Waals surface area (Å²) in [4.78, 5) is 4.99. The van der Waals surface area contributed by atoms with Crippen LogP contribution in [-0.2, 0) is 0 Å². The summed E-state index contributed by atoms with van der Waals surface area (Å²) in [5.41, 5.74) is 4.90. The predicted molar refractivity (Wildman–Crippen MR) is 146 cm³/mol. The molecule has 6 rings (SSSR count). The van der Waals surface area contributed by atoms with E-state index in [4.69, 9.17) is 9.72 Å². The lowest BCUT2D eigenvalue weighted by Crippen LogP contribution is -2.50. The zero-order chi connectivity index (χ0) is 26.7. The summed E-state index contributed by atoms with van der Waals surface area (Å²) in [5, 5.41) is 20.4. The smallest absolute Gasteiger partial charge is 0.232 e. The van der Waals surface area contributed by atoms with E-state index in [1.165, 1.54) is 37.0 Å². The van der Waals surface area contributed by atoms with Gasteiger partial charge in [-0.15, -0.1) is 0 Å². The quantitative estimate of drug-likeness (QED) is 0.428. The van der Waals surface area contributed by atoms with Crippen LogP contribution < -0.4 is 4.74 Å². The standard InChI is InChI=1S/C33H39FN2O2/c1-4-38-31-26(19-35)25(20-5-8-22(34)9-6-20)18-30(36-31)29-12-11-27-24-10-7-21-17-23(37)13-15-32(21,2)28(24)14-16-33(27,29)3/h5-9,18,23-24,27-29,37H,4,10-17H2,1-3H3/t23-,24-,27-,28-,29+,32-,33-/m0/s1. The number of aromatic nitrogens is 1. The fourth-order valence-corrected chi connectivity index (χ4v) is 9.05. The summed E-state index contributed by atoms with van der Waals surface area (Å²) in [6, 6.07) is 10.8. The van der Waals surface area contributed by atoms with Crippen molar-refractivity contribution in [2.75, 3.05) is 6.61 Å². The molecule has 0 saturated heterocycles. The number of hydrogen-bond donors (Lipinski definition) is 1. The Morgan fingerprint density at radius 1 is 1.11 bits per heavy atom. The van der Waals surface area contributed by atoms with E-state index in [1.54, 1.807) is 12.1 Å². The Morgan fingerprint density at radius 2 is 1.89 bits per heavy atom. The van der Waals surface area contributed by atoms with Crippen molar-refractivity contribution >= 4 is 0 Å². The number of aliphatic hydroxyl groups is 1. The molecule has 2 aromatic rings. The van der Waals surface area contributed by atoms with Crippen LogP contribution in [0, 0.1) is 45.7 Å². The number of pyridine rings is 1. The van der Waals surface area contributed by atoms with Crippen LogP contribution in [0.15, 0.2) is 42.0 Å². The molecule has 0 aliphatic heterocycles. The van der Waals surface area contributed by atoms with Crippen LogP contribution in [0.4, 0.5) is 4.39 Å². The zero-order valence-corrected chi connectivity index (χ0v) is 22.8. The topological polar surface area (TPSA) is 66.1 Å². The minimum atomic E-state index is -0.291. The number of rotatable bonds is 4. The number of halogens is 1. The van der Waals surface area contributed by atoms with Gasteiger partial charge in [0.15, 0.2) is 0 Å². The maximum absolute atomic E-state index is 13.7. The van der Waals surface area contributed by atoms with Gasteiger partial charge in [-0.2, -0.15) is 5.26 Å². The first kappa shape index (κ1) is 25.6. The third-order valence-corrected chi connectivity index (χ3v) is 11.0. The molecule has 38 heavy (non-hydrogen) atoms. The van der Waals surface area contributed by atoms with Crippen molar-refractivity contribution in [2.45, 2.75) is 84.2 Å². The highest BCUT2D eigenvalue weighted by molar-refractivity contribution is 5.73. The molecule has 1 N–H and O–H groups in total. The average Bonchev–Trinajstić information content (AvgIpc) is 3.26. The number of allylic oxidation sites excluding steroid dienone is 1. The SMILES string of the molecule is CCOc1nc([C@H]2CC[C@H]3[C@@H]4CC=C5C[C@@H](O)CC[C@]5(C)[C@H]4CC[C@]23C)cc(-c2ccc(F)cc2)c1C#N. The highest BCUT2D eigenvalue weighted by Crippen LogP contribution is 2.68. The molecule has 0 unspecified atom stereocenters. The maximum atomic E-state index is 13.7. The Bertz CT molecular complexity index is 1300. The Kier molecular flexibility index (Phi) is 6.38. The molecule has 1 aromatic carbocycles. The second-order valence-corrected chi connectivity index (χ2v) is 12.7. The van der Waals surface area contributed by atoms with E-state index in [-0.39, 0.29) is 22.8 Å². The Hall–Kier alpha value is -2.71. The Morgan fingerprint density at radius 3 is 2.63 bits per heavy atom. The molecule has 7 atom stereocenters. The summed E-state index contributed by atoms with van der Waals surface area (Å²) in [6.45, 7) is 7.30. The molecule has 0 amide bonds. The molecule has 3 fully saturated rings. The Balaban J connectivity index is 1.38. The lowest BCUT2D eigenvalue weighted by molar-refractivity contribution is -0.0412. The van der Waals surface area contributed by atoms with E-state index in [0.717, 1.165) is 48.9 Å². The van der Waals surface area contributed by atoms with Crippen molar-refractivity contribution in [1.29, 1.82) is 5.26 Å². The van der Waals surface area contributed by atoms with Gasteiger partial charge in [0.05, 0.1) is 12.7 Å². The Labute approximate surface area is 225 Å². The molecule has 4 nitrogen and oxygen atoms in total. The number of fused-ring (bicyclic) bond motifs is 5. The molecule has 1 aromatic heterocycles. The summed E-state index contributed by atoms with van der Waals surface area (Å²) < 4.78 is 19.6. The number of benzene rings is 1. The minimum Gasteiger partial charge on any atom is -0.477 e. The summed E-state index contributed by atoms with van der Waals surface area (Å²) in [7, 11) is 0. The van der Waals surface area contributed by atoms with Gasteiger partial charge in [-0.1, -0.05) is 37.6 Å². The van der Waals surface area contributed by atoms with Crippen LogP contribution >= 0.6 is 0 Å². The molecular formula is C33H39FN2O2. The van der Waals surface area contributed by atoms with E-state index in [1.807, 2.05) is 6.92 Å². The monoisotopic (exact) mass is 514 g/mol.